The van der Waals surface area contributed by atoms with Crippen LogP contribution in [-0.2, 0) is 6.42 Å². The van der Waals surface area contributed by atoms with Gasteiger partial charge in [-0.2, -0.15) is 0 Å². The first kappa shape index (κ1) is 5.59. The molecule has 0 bridgehead atoms. The van der Waals surface area contributed by atoms with Gasteiger partial charge in [0, 0.05) is 17.5 Å². The van der Waals surface area contributed by atoms with Crippen molar-refractivity contribution in [1.82, 2.24) is 0 Å². The number of Topliss-reactive ketones (excluding diaryl/α,β-unsaturated/α-hetero) is 1. The molecular weight excluding hydrogens is 131 g/mol. The largest absolute Gasteiger partial charge is 0.294 e. The summed E-state index contributed by atoms with van der Waals surface area (Å²) < 4.78 is 12.7. The number of hydrogen-bond acceptors (Lipinski definition) is 1. The molecule has 1 aliphatic rings. The highest BCUT2D eigenvalue weighted by atomic mass is 19.1. The SMILES string of the molecule is O=C1Cc2c(F)cccc21. The molecule has 1 aromatic carbocycles. The number of carbonyl (C=O) groups is 1. The highest BCUT2D eigenvalue weighted by Crippen LogP contribution is 2.24. The van der Waals surface area contributed by atoms with Crippen molar-refractivity contribution in [2.24, 2.45) is 0 Å². The first-order chi connectivity index (χ1) is 4.79. The summed E-state index contributed by atoms with van der Waals surface area (Å²) in [6.45, 7) is 0. The lowest BCUT2D eigenvalue weighted by Crippen LogP contribution is -2.20. The Hall–Kier alpha value is -1.18. The van der Waals surface area contributed by atoms with E-state index in [0.717, 1.165) is 0 Å². The molecule has 2 heteroatoms. The van der Waals surface area contributed by atoms with Crippen molar-refractivity contribution >= 4 is 5.78 Å². The summed E-state index contributed by atoms with van der Waals surface area (Å²) in [5.41, 5.74) is 1.13. The van der Waals surface area contributed by atoms with E-state index in [1.807, 2.05) is 0 Å². The van der Waals surface area contributed by atoms with E-state index in [9.17, 15) is 9.18 Å². The Balaban J connectivity index is 2.66. The molecule has 0 radical (unpaired) electrons. The zero-order chi connectivity index (χ0) is 7.14. The van der Waals surface area contributed by atoms with Gasteiger partial charge < -0.3 is 0 Å². The summed E-state index contributed by atoms with van der Waals surface area (Å²) >= 11 is 0. The Morgan fingerprint density at radius 1 is 1.40 bits per heavy atom. The van der Waals surface area contributed by atoms with Crippen molar-refractivity contribution in [3.05, 3.63) is 35.1 Å². The number of halogens is 1. The van der Waals surface area contributed by atoms with Crippen LogP contribution >= 0.6 is 0 Å². The normalized spacial score (nSPS) is 14.3. The van der Waals surface area contributed by atoms with E-state index in [1.165, 1.54) is 6.07 Å². The summed E-state index contributed by atoms with van der Waals surface area (Å²) in [6.07, 6.45) is 0.280. The second kappa shape index (κ2) is 1.66. The smallest absolute Gasteiger partial charge is 0.167 e. The number of fused-ring (bicyclic) bond motifs is 1. The predicted octanol–water partition coefficient (Wildman–Crippen LogP) is 1.56. The third kappa shape index (κ3) is 0.533. The van der Waals surface area contributed by atoms with Gasteiger partial charge in [0.2, 0.25) is 0 Å². The molecule has 0 fully saturated rings. The van der Waals surface area contributed by atoms with Crippen LogP contribution in [0.3, 0.4) is 0 Å². The van der Waals surface area contributed by atoms with Crippen LogP contribution in [0.5, 0.6) is 0 Å². The van der Waals surface area contributed by atoms with Gasteiger partial charge in [0.05, 0.1) is 0 Å². The van der Waals surface area contributed by atoms with E-state index in [2.05, 4.69) is 0 Å². The molecule has 1 nitrogen and oxygen atoms in total. The molecule has 0 atom stereocenters. The highest BCUT2D eigenvalue weighted by Gasteiger charge is 2.25. The molecule has 0 unspecified atom stereocenters. The summed E-state index contributed by atoms with van der Waals surface area (Å²) in [5, 5.41) is 0. The van der Waals surface area contributed by atoms with Crippen LogP contribution in [0.15, 0.2) is 18.2 Å². The average molecular weight is 136 g/mol. The lowest BCUT2D eigenvalue weighted by atomic mass is 9.87. The molecule has 2 rings (SSSR count). The van der Waals surface area contributed by atoms with Crippen LogP contribution in [-0.4, -0.2) is 5.78 Å². The fourth-order valence-corrected chi connectivity index (χ4v) is 1.15. The molecule has 0 saturated carbocycles. The van der Waals surface area contributed by atoms with Crippen molar-refractivity contribution in [1.29, 1.82) is 0 Å². The third-order valence-corrected chi connectivity index (χ3v) is 1.76. The lowest BCUT2D eigenvalue weighted by molar-refractivity contribution is 0.0965. The minimum Gasteiger partial charge on any atom is -0.294 e. The van der Waals surface area contributed by atoms with Crippen LogP contribution in [0.2, 0.25) is 0 Å². The minimum absolute atomic E-state index is 0.0505. The molecule has 0 aromatic heterocycles. The molecule has 0 amide bonds. The van der Waals surface area contributed by atoms with Gasteiger partial charge in [0.25, 0.3) is 0 Å². The van der Waals surface area contributed by atoms with Crippen LogP contribution in [0.25, 0.3) is 0 Å². The highest BCUT2D eigenvalue weighted by molar-refractivity contribution is 6.06. The predicted molar refractivity (Wildman–Crippen MR) is 34.4 cm³/mol. The van der Waals surface area contributed by atoms with Crippen molar-refractivity contribution in [2.75, 3.05) is 0 Å². The second-order valence-electron chi connectivity index (χ2n) is 2.37. The quantitative estimate of drug-likeness (QED) is 0.529. The molecule has 0 aliphatic heterocycles. The minimum atomic E-state index is -0.253. The Morgan fingerprint density at radius 3 is 2.80 bits per heavy atom. The van der Waals surface area contributed by atoms with Crippen molar-refractivity contribution in [2.45, 2.75) is 6.42 Å². The zero-order valence-corrected chi connectivity index (χ0v) is 5.23. The Bertz CT molecular complexity index is 304. The molecule has 0 heterocycles. The van der Waals surface area contributed by atoms with Crippen LogP contribution in [0, 0.1) is 5.82 Å². The van der Waals surface area contributed by atoms with Crippen LogP contribution in [0.1, 0.15) is 15.9 Å². The molecule has 10 heavy (non-hydrogen) atoms. The van der Waals surface area contributed by atoms with E-state index in [0.29, 0.717) is 11.1 Å². The molecule has 1 aliphatic carbocycles. The van der Waals surface area contributed by atoms with Crippen molar-refractivity contribution < 1.29 is 9.18 Å². The van der Waals surface area contributed by atoms with E-state index in [1.54, 1.807) is 12.1 Å². The molecule has 0 spiro atoms. The molecule has 1 aromatic rings. The Morgan fingerprint density at radius 2 is 2.20 bits per heavy atom. The number of rotatable bonds is 0. The van der Waals surface area contributed by atoms with Gasteiger partial charge in [-0.05, 0) is 6.07 Å². The topological polar surface area (TPSA) is 17.1 Å². The molecule has 0 saturated heterocycles. The van der Waals surface area contributed by atoms with E-state index in [-0.39, 0.29) is 18.0 Å². The van der Waals surface area contributed by atoms with Crippen LogP contribution in [0.4, 0.5) is 4.39 Å². The van der Waals surface area contributed by atoms with Gasteiger partial charge in [0.1, 0.15) is 5.82 Å². The van der Waals surface area contributed by atoms with Gasteiger partial charge in [-0.25, -0.2) is 4.39 Å². The van der Waals surface area contributed by atoms with Crippen LogP contribution < -0.4 is 0 Å². The van der Waals surface area contributed by atoms with Gasteiger partial charge >= 0.3 is 0 Å². The zero-order valence-electron chi connectivity index (χ0n) is 5.23. The number of hydrogen-bond donors (Lipinski definition) is 0. The molecule has 50 valence electrons. The number of benzene rings is 1. The summed E-state index contributed by atoms with van der Waals surface area (Å²) in [4.78, 5) is 10.7. The van der Waals surface area contributed by atoms with Crippen molar-refractivity contribution in [3.63, 3.8) is 0 Å². The Kier molecular flexibility index (Phi) is 0.926. The fraction of sp³-hybridized carbons (Fsp3) is 0.125. The maximum Gasteiger partial charge on any atom is 0.167 e. The van der Waals surface area contributed by atoms with Gasteiger partial charge in [0.15, 0.2) is 5.78 Å². The monoisotopic (exact) mass is 136 g/mol. The maximum atomic E-state index is 12.7. The summed E-state index contributed by atoms with van der Waals surface area (Å²) in [6, 6.07) is 4.60. The van der Waals surface area contributed by atoms with Gasteiger partial charge in [-0.15, -0.1) is 0 Å². The first-order valence-corrected chi connectivity index (χ1v) is 3.09. The van der Waals surface area contributed by atoms with Gasteiger partial charge in [-0.1, -0.05) is 12.1 Å². The summed E-state index contributed by atoms with van der Waals surface area (Å²) in [5.74, 6) is -0.202. The van der Waals surface area contributed by atoms with Crippen molar-refractivity contribution in [3.8, 4) is 0 Å². The fourth-order valence-electron chi connectivity index (χ4n) is 1.15. The maximum absolute atomic E-state index is 12.7. The number of ketones is 1. The molecular formula is C8H5FO. The van der Waals surface area contributed by atoms with E-state index in [4.69, 9.17) is 0 Å². The third-order valence-electron chi connectivity index (χ3n) is 1.76. The molecule has 0 N–H and O–H groups in total. The number of carbonyl (C=O) groups excluding carboxylic acids is 1. The van der Waals surface area contributed by atoms with Gasteiger partial charge in [-0.3, -0.25) is 4.79 Å². The first-order valence-electron chi connectivity index (χ1n) is 3.09. The standard InChI is InChI=1S/C8H5FO/c9-7-3-1-2-5-6(7)4-8(5)10/h1-3H,4H2. The van der Waals surface area contributed by atoms with E-state index >= 15 is 0 Å². The van der Waals surface area contributed by atoms with E-state index < -0.39 is 0 Å². The average Bonchev–Trinajstić information content (AvgIpc) is 1.91. The second-order valence-corrected chi connectivity index (χ2v) is 2.37. The lowest BCUT2D eigenvalue weighted by Gasteiger charge is -2.16. The Labute approximate surface area is 57.5 Å². The summed E-state index contributed by atoms with van der Waals surface area (Å²) in [7, 11) is 0.